The van der Waals surface area contributed by atoms with Gasteiger partial charge in [-0.05, 0) is 0 Å². The van der Waals surface area contributed by atoms with E-state index in [0.717, 1.165) is 0 Å². The van der Waals surface area contributed by atoms with Crippen molar-refractivity contribution in [2.75, 3.05) is 25.2 Å². The van der Waals surface area contributed by atoms with Crippen molar-refractivity contribution in [1.29, 1.82) is 0 Å². The molecule has 0 radical (unpaired) electrons. The first-order valence-electron chi connectivity index (χ1n) is 3.12. The van der Waals surface area contributed by atoms with Gasteiger partial charge in [-0.15, -0.1) is 0 Å². The van der Waals surface area contributed by atoms with Gasteiger partial charge in [0.25, 0.3) is 0 Å². The van der Waals surface area contributed by atoms with Crippen LogP contribution in [0.3, 0.4) is 0 Å². The summed E-state index contributed by atoms with van der Waals surface area (Å²) >= 11 is 0. The van der Waals surface area contributed by atoms with Crippen LogP contribution in [-0.4, -0.2) is 24.1 Å². The van der Waals surface area contributed by atoms with Crippen molar-refractivity contribution < 1.29 is 4.74 Å². The Morgan fingerprint density at radius 3 is 2.82 bits per heavy atom. The molecule has 1 aromatic rings. The smallest absolute Gasteiger partial charge is 0.320 e. The first-order chi connectivity index (χ1) is 5.26. The minimum Gasteiger partial charge on any atom is -0.467 e. The molecule has 0 saturated carbocycles. The minimum absolute atomic E-state index is 0.273. The number of hydrogen-bond donors (Lipinski definition) is 2. The Morgan fingerprint density at radius 1 is 1.55 bits per heavy atom. The summed E-state index contributed by atoms with van der Waals surface area (Å²) in [6.45, 7) is 0. The Kier molecular flexibility index (Phi) is 2.10. The molecule has 11 heavy (non-hydrogen) atoms. The monoisotopic (exact) mass is 154 g/mol. The van der Waals surface area contributed by atoms with Gasteiger partial charge in [0.05, 0.1) is 7.11 Å². The topological polar surface area (TPSA) is 73.1 Å². The van der Waals surface area contributed by atoms with E-state index >= 15 is 0 Å². The Bertz CT molecular complexity index is 228. The van der Waals surface area contributed by atoms with Crippen molar-refractivity contribution in [2.45, 2.75) is 0 Å². The molecule has 0 saturated heterocycles. The fraction of sp³-hybridized carbons (Fsp3) is 0.333. The predicted molar refractivity (Wildman–Crippen MR) is 42.5 cm³/mol. The number of nitrogen functional groups attached to an aromatic ring is 1. The molecule has 0 atom stereocenters. The first kappa shape index (κ1) is 7.59. The van der Waals surface area contributed by atoms with Crippen molar-refractivity contribution >= 4 is 11.6 Å². The highest BCUT2D eigenvalue weighted by Crippen LogP contribution is 2.11. The number of methoxy groups -OCH3 is 1. The van der Waals surface area contributed by atoms with E-state index in [0.29, 0.717) is 11.6 Å². The molecule has 1 aromatic heterocycles. The van der Waals surface area contributed by atoms with Gasteiger partial charge in [-0.3, -0.25) is 0 Å². The Labute approximate surface area is 64.6 Å². The molecule has 0 aliphatic heterocycles. The van der Waals surface area contributed by atoms with Crippen LogP contribution in [0.5, 0.6) is 6.01 Å². The quantitative estimate of drug-likeness (QED) is 0.632. The molecular formula is C6H10N4O. The molecule has 0 aromatic carbocycles. The average Bonchev–Trinajstić information content (AvgIpc) is 2.03. The fourth-order valence-corrected chi connectivity index (χ4v) is 0.662. The number of nitrogens with one attached hydrogen (secondary N) is 1. The number of rotatable bonds is 2. The van der Waals surface area contributed by atoms with Crippen LogP contribution < -0.4 is 15.8 Å². The summed E-state index contributed by atoms with van der Waals surface area (Å²) in [5, 5.41) is 2.83. The third-order valence-corrected chi connectivity index (χ3v) is 1.16. The highest BCUT2D eigenvalue weighted by Gasteiger charge is 1.98. The molecule has 0 amide bonds. The highest BCUT2D eigenvalue weighted by atomic mass is 16.5. The van der Waals surface area contributed by atoms with E-state index in [1.807, 2.05) is 0 Å². The van der Waals surface area contributed by atoms with E-state index < -0.39 is 0 Å². The van der Waals surface area contributed by atoms with E-state index in [9.17, 15) is 0 Å². The van der Waals surface area contributed by atoms with Gasteiger partial charge in [0.15, 0.2) is 0 Å². The van der Waals surface area contributed by atoms with Gasteiger partial charge in [0, 0.05) is 13.1 Å². The first-order valence-corrected chi connectivity index (χ1v) is 3.12. The van der Waals surface area contributed by atoms with Gasteiger partial charge >= 0.3 is 6.01 Å². The normalized spacial score (nSPS) is 9.27. The summed E-state index contributed by atoms with van der Waals surface area (Å²) in [6, 6.07) is 1.90. The van der Waals surface area contributed by atoms with E-state index in [-0.39, 0.29) is 6.01 Å². The second-order valence-electron chi connectivity index (χ2n) is 1.91. The van der Waals surface area contributed by atoms with E-state index in [1.165, 1.54) is 7.11 Å². The molecule has 5 nitrogen and oxygen atoms in total. The molecule has 0 bridgehead atoms. The predicted octanol–water partition coefficient (Wildman–Crippen LogP) is 0.109. The third-order valence-electron chi connectivity index (χ3n) is 1.16. The molecule has 0 fully saturated rings. The SMILES string of the molecule is CNc1cc(N)nc(OC)n1. The standard InChI is InChI=1S/C6H10N4O/c1-8-5-3-4(7)9-6(10-5)11-2/h3H,1-2H3,(H3,7,8,9,10). The molecular weight excluding hydrogens is 144 g/mol. The Morgan fingerprint density at radius 2 is 2.27 bits per heavy atom. The summed E-state index contributed by atoms with van der Waals surface area (Å²) in [4.78, 5) is 7.75. The maximum atomic E-state index is 5.44. The van der Waals surface area contributed by atoms with Crippen molar-refractivity contribution in [3.63, 3.8) is 0 Å². The summed E-state index contributed by atoms with van der Waals surface area (Å²) in [6.07, 6.45) is 0. The second kappa shape index (κ2) is 3.05. The van der Waals surface area contributed by atoms with Crippen LogP contribution in [0.1, 0.15) is 0 Å². The third kappa shape index (κ3) is 1.70. The van der Waals surface area contributed by atoms with Crippen LogP contribution in [0.25, 0.3) is 0 Å². The van der Waals surface area contributed by atoms with Gasteiger partial charge in [0.2, 0.25) is 0 Å². The maximum Gasteiger partial charge on any atom is 0.320 e. The van der Waals surface area contributed by atoms with Crippen LogP contribution >= 0.6 is 0 Å². The van der Waals surface area contributed by atoms with E-state index in [2.05, 4.69) is 15.3 Å². The van der Waals surface area contributed by atoms with Gasteiger partial charge in [-0.25, -0.2) is 0 Å². The largest absolute Gasteiger partial charge is 0.467 e. The van der Waals surface area contributed by atoms with Gasteiger partial charge in [-0.1, -0.05) is 0 Å². The molecule has 0 spiro atoms. The van der Waals surface area contributed by atoms with Crippen LogP contribution in [0.15, 0.2) is 6.07 Å². The summed E-state index contributed by atoms with van der Waals surface area (Å²) in [7, 11) is 3.25. The summed E-state index contributed by atoms with van der Waals surface area (Å²) < 4.78 is 4.80. The van der Waals surface area contributed by atoms with Crippen LogP contribution in [-0.2, 0) is 0 Å². The zero-order valence-electron chi connectivity index (χ0n) is 6.46. The van der Waals surface area contributed by atoms with Crippen molar-refractivity contribution in [3.05, 3.63) is 6.07 Å². The minimum atomic E-state index is 0.273. The lowest BCUT2D eigenvalue weighted by atomic mass is 10.5. The number of anilines is 2. The van der Waals surface area contributed by atoms with E-state index in [1.54, 1.807) is 13.1 Å². The van der Waals surface area contributed by atoms with Gasteiger partial charge in [-0.2, -0.15) is 9.97 Å². The van der Waals surface area contributed by atoms with Gasteiger partial charge < -0.3 is 15.8 Å². The Balaban J connectivity index is 3.02. The number of ether oxygens (including phenoxy) is 1. The summed E-state index contributed by atoms with van der Waals surface area (Å²) in [5.41, 5.74) is 5.44. The zero-order chi connectivity index (χ0) is 8.27. The van der Waals surface area contributed by atoms with Crippen LogP contribution in [0, 0.1) is 0 Å². The molecule has 1 rings (SSSR count). The molecule has 60 valence electrons. The van der Waals surface area contributed by atoms with Gasteiger partial charge in [0.1, 0.15) is 11.6 Å². The van der Waals surface area contributed by atoms with E-state index in [4.69, 9.17) is 10.5 Å². The maximum absolute atomic E-state index is 5.44. The molecule has 0 aliphatic rings. The molecule has 1 heterocycles. The molecule has 5 heteroatoms. The molecule has 0 aliphatic carbocycles. The van der Waals surface area contributed by atoms with Crippen LogP contribution in [0.2, 0.25) is 0 Å². The van der Waals surface area contributed by atoms with Crippen molar-refractivity contribution in [2.24, 2.45) is 0 Å². The average molecular weight is 154 g/mol. The number of aromatic nitrogens is 2. The van der Waals surface area contributed by atoms with Crippen molar-refractivity contribution in [1.82, 2.24) is 9.97 Å². The number of nitrogens with zero attached hydrogens (tertiary/aromatic N) is 2. The lowest BCUT2D eigenvalue weighted by Crippen LogP contribution is -2.00. The second-order valence-corrected chi connectivity index (χ2v) is 1.91. The number of nitrogens with two attached hydrogens (primary N) is 1. The fourth-order valence-electron chi connectivity index (χ4n) is 0.662. The summed E-state index contributed by atoms with van der Waals surface area (Å²) in [5.74, 6) is 1.04. The lowest BCUT2D eigenvalue weighted by molar-refractivity contribution is 0.381. The molecule has 0 unspecified atom stereocenters. The highest BCUT2D eigenvalue weighted by molar-refractivity contribution is 5.44. The molecule has 3 N–H and O–H groups in total. The zero-order valence-corrected chi connectivity index (χ0v) is 6.46. The lowest BCUT2D eigenvalue weighted by Gasteiger charge is -2.02. The van der Waals surface area contributed by atoms with Crippen molar-refractivity contribution in [3.8, 4) is 6.01 Å². The Hall–Kier alpha value is -1.52. The van der Waals surface area contributed by atoms with Crippen LogP contribution in [0.4, 0.5) is 11.6 Å². The number of hydrogen-bond acceptors (Lipinski definition) is 5.